The first-order chi connectivity index (χ1) is 11.4. The number of carbonyl (C=O) groups is 2. The van der Waals surface area contributed by atoms with Gasteiger partial charge in [0.1, 0.15) is 11.4 Å². The van der Waals surface area contributed by atoms with Gasteiger partial charge in [0.15, 0.2) is 0 Å². The maximum absolute atomic E-state index is 13.3. The van der Waals surface area contributed by atoms with Crippen molar-refractivity contribution in [1.29, 1.82) is 5.26 Å². The van der Waals surface area contributed by atoms with E-state index in [1.54, 1.807) is 13.0 Å². The zero-order chi connectivity index (χ0) is 17.3. The van der Waals surface area contributed by atoms with Crippen molar-refractivity contribution in [2.45, 2.75) is 31.8 Å². The van der Waals surface area contributed by atoms with Gasteiger partial charge in [0.05, 0.1) is 11.6 Å². The third kappa shape index (κ3) is 2.97. The number of piperidine rings is 1. The molecule has 0 unspecified atom stereocenters. The van der Waals surface area contributed by atoms with E-state index in [2.05, 4.69) is 15.5 Å². The van der Waals surface area contributed by atoms with Crippen molar-refractivity contribution in [2.75, 3.05) is 13.1 Å². The first-order valence-electron chi connectivity index (χ1n) is 7.97. The summed E-state index contributed by atoms with van der Waals surface area (Å²) >= 11 is 0. The van der Waals surface area contributed by atoms with Gasteiger partial charge in [0.2, 0.25) is 0 Å². The number of amides is 3. The van der Waals surface area contributed by atoms with Crippen LogP contribution in [-0.4, -0.2) is 35.5 Å². The van der Waals surface area contributed by atoms with E-state index in [1.165, 1.54) is 12.1 Å². The number of imide groups is 1. The Kier molecular flexibility index (Phi) is 4.24. The Morgan fingerprint density at radius 2 is 2.25 bits per heavy atom. The van der Waals surface area contributed by atoms with Crippen molar-refractivity contribution in [3.63, 3.8) is 0 Å². The molecule has 126 valence electrons. The second-order valence-electron chi connectivity index (χ2n) is 6.60. The van der Waals surface area contributed by atoms with Gasteiger partial charge in [0, 0.05) is 19.0 Å². The second-order valence-corrected chi connectivity index (χ2v) is 6.60. The number of nitrogens with one attached hydrogen (secondary N) is 2. The molecule has 2 aliphatic rings. The van der Waals surface area contributed by atoms with Gasteiger partial charge in [0.25, 0.3) is 5.91 Å². The highest BCUT2D eigenvalue weighted by atomic mass is 19.1. The van der Waals surface area contributed by atoms with Crippen LogP contribution in [0.3, 0.4) is 0 Å². The van der Waals surface area contributed by atoms with Crippen LogP contribution < -0.4 is 10.6 Å². The number of halogens is 1. The lowest BCUT2D eigenvalue weighted by Gasteiger charge is -2.39. The van der Waals surface area contributed by atoms with Gasteiger partial charge < -0.3 is 5.32 Å². The Morgan fingerprint density at radius 3 is 2.92 bits per heavy atom. The third-order valence-corrected chi connectivity index (χ3v) is 4.98. The second kappa shape index (κ2) is 6.21. The third-order valence-electron chi connectivity index (χ3n) is 4.98. The molecule has 24 heavy (non-hydrogen) atoms. The topological polar surface area (TPSA) is 85.2 Å². The van der Waals surface area contributed by atoms with Gasteiger partial charge in [-0.15, -0.1) is 0 Å². The van der Waals surface area contributed by atoms with Crippen molar-refractivity contribution in [3.8, 4) is 6.07 Å². The van der Waals surface area contributed by atoms with Gasteiger partial charge in [-0.3, -0.25) is 15.0 Å². The summed E-state index contributed by atoms with van der Waals surface area (Å²) in [4.78, 5) is 25.7. The molecule has 2 N–H and O–H groups in total. The molecule has 2 atom stereocenters. The Morgan fingerprint density at radius 1 is 1.46 bits per heavy atom. The molecule has 0 bridgehead atoms. The molecule has 0 aromatic heterocycles. The number of hydrogen-bond acceptors (Lipinski definition) is 4. The fraction of sp³-hybridized carbons (Fsp3) is 0.471. The minimum absolute atomic E-state index is 0.0105. The molecule has 1 aromatic rings. The van der Waals surface area contributed by atoms with E-state index < -0.39 is 17.4 Å². The summed E-state index contributed by atoms with van der Waals surface area (Å²) in [5.74, 6) is -0.729. The predicted molar refractivity (Wildman–Crippen MR) is 84.2 cm³/mol. The van der Waals surface area contributed by atoms with Crippen LogP contribution in [-0.2, 0) is 11.3 Å². The van der Waals surface area contributed by atoms with Gasteiger partial charge in [-0.25, -0.2) is 9.18 Å². The SMILES string of the molecule is C[C@@]1([C@H]2CCCN(Cc3ccc(F)cc3C#N)C2)NC(=O)NC1=O. The number of benzene rings is 1. The highest BCUT2D eigenvalue weighted by Crippen LogP contribution is 2.30. The van der Waals surface area contributed by atoms with E-state index in [9.17, 15) is 14.0 Å². The van der Waals surface area contributed by atoms with Crippen LogP contribution in [0.4, 0.5) is 9.18 Å². The average Bonchev–Trinajstić information content (AvgIpc) is 2.83. The van der Waals surface area contributed by atoms with E-state index in [4.69, 9.17) is 5.26 Å². The van der Waals surface area contributed by atoms with Crippen molar-refractivity contribution in [3.05, 3.63) is 35.1 Å². The van der Waals surface area contributed by atoms with E-state index in [1.807, 2.05) is 6.07 Å². The zero-order valence-electron chi connectivity index (χ0n) is 13.4. The highest BCUT2D eigenvalue weighted by molar-refractivity contribution is 6.07. The monoisotopic (exact) mass is 330 g/mol. The molecular weight excluding hydrogens is 311 g/mol. The lowest BCUT2D eigenvalue weighted by atomic mass is 9.80. The molecule has 3 amide bonds. The summed E-state index contributed by atoms with van der Waals surface area (Å²) in [6.07, 6.45) is 1.74. The summed E-state index contributed by atoms with van der Waals surface area (Å²) < 4.78 is 13.3. The van der Waals surface area contributed by atoms with E-state index in [0.717, 1.165) is 24.9 Å². The van der Waals surface area contributed by atoms with Gasteiger partial charge in [-0.05, 0) is 44.0 Å². The molecule has 2 aliphatic heterocycles. The van der Waals surface area contributed by atoms with E-state index >= 15 is 0 Å². The highest BCUT2D eigenvalue weighted by Gasteiger charge is 2.48. The van der Waals surface area contributed by atoms with Crippen LogP contribution in [0.2, 0.25) is 0 Å². The first-order valence-corrected chi connectivity index (χ1v) is 7.97. The molecule has 2 fully saturated rings. The Hall–Kier alpha value is -2.46. The largest absolute Gasteiger partial charge is 0.323 e. The lowest BCUT2D eigenvalue weighted by Crippen LogP contribution is -2.55. The van der Waals surface area contributed by atoms with Gasteiger partial charge in [-0.2, -0.15) is 5.26 Å². The maximum atomic E-state index is 13.3. The zero-order valence-corrected chi connectivity index (χ0v) is 13.4. The summed E-state index contributed by atoms with van der Waals surface area (Å²) in [5.41, 5.74) is 0.191. The van der Waals surface area contributed by atoms with Gasteiger partial charge in [-0.1, -0.05) is 6.07 Å². The number of urea groups is 1. The molecule has 0 aliphatic carbocycles. The Bertz CT molecular complexity index is 730. The van der Waals surface area contributed by atoms with Crippen LogP contribution in [0.15, 0.2) is 18.2 Å². The molecule has 0 saturated carbocycles. The van der Waals surface area contributed by atoms with E-state index in [-0.39, 0.29) is 11.8 Å². The first kappa shape index (κ1) is 16.4. The number of rotatable bonds is 3. The number of carbonyl (C=O) groups excluding carboxylic acids is 2. The number of nitriles is 1. The lowest BCUT2D eigenvalue weighted by molar-refractivity contribution is -0.126. The summed E-state index contributed by atoms with van der Waals surface area (Å²) in [6.45, 7) is 3.74. The molecule has 0 radical (unpaired) electrons. The molecule has 7 heteroatoms. The van der Waals surface area contributed by atoms with Crippen LogP contribution in [0.1, 0.15) is 30.9 Å². The summed E-state index contributed by atoms with van der Waals surface area (Å²) in [5, 5.41) is 14.2. The van der Waals surface area contributed by atoms with Crippen molar-refractivity contribution in [1.82, 2.24) is 15.5 Å². The molecule has 0 spiro atoms. The molecular formula is C17H19FN4O2. The van der Waals surface area contributed by atoms with Crippen molar-refractivity contribution >= 4 is 11.9 Å². The van der Waals surface area contributed by atoms with E-state index in [0.29, 0.717) is 18.7 Å². The van der Waals surface area contributed by atoms with Gasteiger partial charge >= 0.3 is 6.03 Å². The Balaban J connectivity index is 1.74. The number of hydrogen-bond donors (Lipinski definition) is 2. The van der Waals surface area contributed by atoms with Crippen molar-refractivity contribution in [2.24, 2.45) is 5.92 Å². The molecule has 1 aromatic carbocycles. The van der Waals surface area contributed by atoms with Crippen LogP contribution in [0, 0.1) is 23.1 Å². The molecule has 2 saturated heterocycles. The fourth-order valence-electron chi connectivity index (χ4n) is 3.55. The normalized spacial score (nSPS) is 27.5. The quantitative estimate of drug-likeness (QED) is 0.823. The van der Waals surface area contributed by atoms with Crippen LogP contribution in [0.25, 0.3) is 0 Å². The molecule has 6 nitrogen and oxygen atoms in total. The number of likely N-dealkylation sites (tertiary alicyclic amines) is 1. The van der Waals surface area contributed by atoms with Crippen molar-refractivity contribution < 1.29 is 14.0 Å². The molecule has 2 heterocycles. The standard InChI is InChI=1S/C17H19FN4O2/c1-17(15(23)20-16(24)21-17)13-3-2-6-22(10-13)9-11-4-5-14(18)7-12(11)8-19/h4-5,7,13H,2-3,6,9-10H2,1H3,(H2,20,21,23,24)/t13-,17-/m0/s1. The minimum Gasteiger partial charge on any atom is -0.323 e. The predicted octanol–water partition coefficient (Wildman–Crippen LogP) is 1.51. The summed E-state index contributed by atoms with van der Waals surface area (Å²) in [7, 11) is 0. The molecule has 3 rings (SSSR count). The fourth-order valence-corrected chi connectivity index (χ4v) is 3.55. The summed E-state index contributed by atoms with van der Waals surface area (Å²) in [6, 6.07) is 5.79. The number of nitrogens with zero attached hydrogens (tertiary/aromatic N) is 2. The van der Waals surface area contributed by atoms with Crippen LogP contribution >= 0.6 is 0 Å². The maximum Gasteiger partial charge on any atom is 0.322 e. The average molecular weight is 330 g/mol. The Labute approximate surface area is 139 Å². The van der Waals surface area contributed by atoms with Crippen LogP contribution in [0.5, 0.6) is 0 Å². The smallest absolute Gasteiger partial charge is 0.322 e. The minimum atomic E-state index is -0.906.